The molecule has 5 rings (SSSR count). The zero-order valence-electron chi connectivity index (χ0n) is 16.0. The van der Waals surface area contributed by atoms with Gasteiger partial charge in [-0.25, -0.2) is 0 Å². The zero-order chi connectivity index (χ0) is 19.8. The number of fused-ring (bicyclic) bond motifs is 2. The Balaban J connectivity index is 1.48. The first-order chi connectivity index (χ1) is 14.2. The molecule has 0 spiro atoms. The number of nitrogens with zero attached hydrogens (tertiary/aromatic N) is 5. The number of anilines is 1. The highest BCUT2D eigenvalue weighted by Crippen LogP contribution is 2.30. The van der Waals surface area contributed by atoms with Gasteiger partial charge in [-0.2, -0.15) is 0 Å². The van der Waals surface area contributed by atoms with Crippen molar-refractivity contribution >= 4 is 39.7 Å². The topological polar surface area (TPSA) is 79.4 Å². The maximum atomic E-state index is 7.87. The summed E-state index contributed by atoms with van der Waals surface area (Å²) in [5.74, 6) is 0. The van der Waals surface area contributed by atoms with Gasteiger partial charge in [0, 0.05) is 40.8 Å². The number of ether oxygens (including phenoxy) is 1. The van der Waals surface area contributed by atoms with Crippen molar-refractivity contribution in [1.82, 2.24) is 19.6 Å². The molecular weight excluding hydrogens is 384 g/mol. The quantitative estimate of drug-likeness (QED) is 0.523. The number of aromatic nitrogens is 4. The molecule has 0 amide bonds. The average molecular weight is 404 g/mol. The lowest BCUT2D eigenvalue weighted by Gasteiger charge is -2.28. The summed E-state index contributed by atoms with van der Waals surface area (Å²) in [5.41, 5.74) is 4.25. The lowest BCUT2D eigenvalue weighted by atomic mass is 10.2. The van der Waals surface area contributed by atoms with Gasteiger partial charge in [0.05, 0.1) is 30.6 Å². The van der Waals surface area contributed by atoms with E-state index in [1.165, 1.54) is 0 Å². The highest BCUT2D eigenvalue weighted by atomic mass is 32.2. The molecule has 3 aromatic heterocycles. The number of rotatable bonds is 4. The van der Waals surface area contributed by atoms with E-state index >= 15 is 0 Å². The van der Waals surface area contributed by atoms with Gasteiger partial charge in [0.2, 0.25) is 0 Å². The molecule has 0 atom stereocenters. The lowest BCUT2D eigenvalue weighted by Crippen LogP contribution is -2.36. The van der Waals surface area contributed by atoms with Gasteiger partial charge in [0.25, 0.3) is 0 Å². The second-order valence-electron chi connectivity index (χ2n) is 7.00. The minimum Gasteiger partial charge on any atom is -0.378 e. The van der Waals surface area contributed by atoms with Crippen LogP contribution in [0.25, 0.3) is 16.6 Å². The van der Waals surface area contributed by atoms with Crippen molar-refractivity contribution in [3.8, 4) is 0 Å². The average Bonchev–Trinajstić information content (AvgIpc) is 3.16. The van der Waals surface area contributed by atoms with Crippen LogP contribution in [0.15, 0.2) is 58.8 Å². The fourth-order valence-corrected chi connectivity index (χ4v) is 4.28. The number of nitrogens with one attached hydrogen (secondary N) is 1. The molecule has 4 heterocycles. The van der Waals surface area contributed by atoms with E-state index in [1.807, 2.05) is 35.0 Å². The maximum Gasteiger partial charge on any atom is 0.200 e. The first kappa shape index (κ1) is 18.1. The fraction of sp³-hybridized carbons (Fsp3) is 0.238. The minimum atomic E-state index is 0.518. The third-order valence-corrected chi connectivity index (χ3v) is 5.98. The molecule has 1 aromatic carbocycles. The van der Waals surface area contributed by atoms with E-state index < -0.39 is 0 Å². The highest BCUT2D eigenvalue weighted by Gasteiger charge is 2.13. The summed E-state index contributed by atoms with van der Waals surface area (Å²) in [6.07, 6.45) is 3.85. The van der Waals surface area contributed by atoms with Crippen LogP contribution < -0.4 is 4.90 Å². The predicted molar refractivity (Wildman–Crippen MR) is 114 cm³/mol. The molecule has 29 heavy (non-hydrogen) atoms. The van der Waals surface area contributed by atoms with Crippen LogP contribution in [0.1, 0.15) is 12.5 Å². The molecule has 0 aliphatic carbocycles. The fourth-order valence-electron chi connectivity index (χ4n) is 3.42. The number of morpholine rings is 1. The summed E-state index contributed by atoms with van der Waals surface area (Å²) in [4.78, 5) is 8.01. The van der Waals surface area contributed by atoms with E-state index in [9.17, 15) is 0 Å². The summed E-state index contributed by atoms with van der Waals surface area (Å²) in [6.45, 7) is 5.07. The monoisotopic (exact) mass is 404 g/mol. The molecule has 7 nitrogen and oxygen atoms in total. The SMILES string of the molecule is CC(=N)c1ccc2nnc(Sc3ccc4ncc(N5CCOCC5)cc4c3)n2c1. The van der Waals surface area contributed by atoms with Crippen LogP contribution >= 0.6 is 11.8 Å². The second-order valence-corrected chi connectivity index (χ2v) is 8.04. The van der Waals surface area contributed by atoms with Crippen molar-refractivity contribution in [2.45, 2.75) is 17.0 Å². The van der Waals surface area contributed by atoms with E-state index in [-0.39, 0.29) is 0 Å². The van der Waals surface area contributed by atoms with Crippen molar-refractivity contribution < 1.29 is 4.74 Å². The van der Waals surface area contributed by atoms with Crippen molar-refractivity contribution in [2.75, 3.05) is 31.2 Å². The van der Waals surface area contributed by atoms with Gasteiger partial charge < -0.3 is 15.0 Å². The van der Waals surface area contributed by atoms with Crippen molar-refractivity contribution in [3.63, 3.8) is 0 Å². The highest BCUT2D eigenvalue weighted by molar-refractivity contribution is 7.99. The summed E-state index contributed by atoms with van der Waals surface area (Å²) in [7, 11) is 0. The molecule has 0 saturated carbocycles. The summed E-state index contributed by atoms with van der Waals surface area (Å²) in [6, 6.07) is 12.2. The molecule has 0 unspecified atom stereocenters. The van der Waals surface area contributed by atoms with E-state index in [0.717, 1.165) is 64.2 Å². The Morgan fingerprint density at radius 3 is 2.79 bits per heavy atom. The van der Waals surface area contributed by atoms with Gasteiger partial charge in [-0.15, -0.1) is 10.2 Å². The number of hydrogen-bond donors (Lipinski definition) is 1. The molecule has 1 N–H and O–H groups in total. The third-order valence-electron chi connectivity index (χ3n) is 5.03. The van der Waals surface area contributed by atoms with Crippen molar-refractivity contribution in [1.29, 1.82) is 5.41 Å². The molecule has 1 aliphatic rings. The summed E-state index contributed by atoms with van der Waals surface area (Å²) in [5, 5.41) is 18.3. The molecule has 0 radical (unpaired) electrons. The van der Waals surface area contributed by atoms with Crippen LogP contribution in [0.3, 0.4) is 0 Å². The second kappa shape index (κ2) is 7.46. The first-order valence-corrected chi connectivity index (χ1v) is 10.3. The molecule has 1 aliphatic heterocycles. The van der Waals surface area contributed by atoms with Gasteiger partial charge in [-0.05, 0) is 55.1 Å². The Morgan fingerprint density at radius 2 is 1.97 bits per heavy atom. The molecular formula is C21H20N6OS. The Labute approximate surface area is 172 Å². The predicted octanol–water partition coefficient (Wildman–Crippen LogP) is 3.65. The van der Waals surface area contributed by atoms with Gasteiger partial charge in [0.1, 0.15) is 0 Å². The van der Waals surface area contributed by atoms with Crippen LogP contribution in [0.4, 0.5) is 5.69 Å². The van der Waals surface area contributed by atoms with Crippen LogP contribution in [-0.2, 0) is 4.74 Å². The van der Waals surface area contributed by atoms with Crippen LogP contribution in [0, 0.1) is 5.41 Å². The smallest absolute Gasteiger partial charge is 0.200 e. The van der Waals surface area contributed by atoms with E-state index in [0.29, 0.717) is 5.71 Å². The van der Waals surface area contributed by atoms with Crippen molar-refractivity contribution in [2.24, 2.45) is 0 Å². The van der Waals surface area contributed by atoms with Crippen LogP contribution in [0.5, 0.6) is 0 Å². The largest absolute Gasteiger partial charge is 0.378 e. The number of hydrogen-bond acceptors (Lipinski definition) is 7. The number of benzene rings is 1. The van der Waals surface area contributed by atoms with Gasteiger partial charge in [-0.1, -0.05) is 0 Å². The molecule has 8 heteroatoms. The lowest BCUT2D eigenvalue weighted by molar-refractivity contribution is 0.122. The Kier molecular flexibility index (Phi) is 4.65. The number of pyridine rings is 2. The minimum absolute atomic E-state index is 0.518. The third kappa shape index (κ3) is 3.56. The van der Waals surface area contributed by atoms with Crippen LogP contribution in [-0.4, -0.2) is 51.6 Å². The zero-order valence-corrected chi connectivity index (χ0v) is 16.8. The maximum absolute atomic E-state index is 7.87. The first-order valence-electron chi connectivity index (χ1n) is 9.48. The van der Waals surface area contributed by atoms with Gasteiger partial charge >= 0.3 is 0 Å². The molecule has 146 valence electrons. The Morgan fingerprint density at radius 1 is 1.10 bits per heavy atom. The molecule has 0 bridgehead atoms. The summed E-state index contributed by atoms with van der Waals surface area (Å²) < 4.78 is 7.39. The molecule has 1 saturated heterocycles. The molecule has 1 fully saturated rings. The normalized spacial score (nSPS) is 14.6. The molecule has 4 aromatic rings. The van der Waals surface area contributed by atoms with Gasteiger partial charge in [0.15, 0.2) is 10.8 Å². The standard InChI is InChI=1S/C21H20N6OS/c1-14(22)15-2-5-20-24-25-21(27(20)13-15)29-18-3-4-19-16(11-18)10-17(12-23-19)26-6-8-28-9-7-26/h2-5,10-13,22H,6-9H2,1H3. The van der Waals surface area contributed by atoms with E-state index in [4.69, 9.17) is 10.1 Å². The van der Waals surface area contributed by atoms with E-state index in [2.05, 4.69) is 38.3 Å². The Bertz CT molecular complexity index is 1210. The van der Waals surface area contributed by atoms with Crippen LogP contribution in [0.2, 0.25) is 0 Å². The van der Waals surface area contributed by atoms with Gasteiger partial charge in [-0.3, -0.25) is 9.38 Å². The van der Waals surface area contributed by atoms with E-state index in [1.54, 1.807) is 18.7 Å². The summed E-state index contributed by atoms with van der Waals surface area (Å²) >= 11 is 1.56. The van der Waals surface area contributed by atoms with Crippen molar-refractivity contribution in [3.05, 3.63) is 54.4 Å². The Hall–Kier alpha value is -2.97.